The van der Waals surface area contributed by atoms with Gasteiger partial charge in [-0.15, -0.1) is 0 Å². The lowest BCUT2D eigenvalue weighted by molar-refractivity contribution is -0.123. The number of aryl methyl sites for hydroxylation is 2. The van der Waals surface area contributed by atoms with Crippen LogP contribution < -0.4 is 5.73 Å². The fraction of sp³-hybridized carbons (Fsp3) is 0.368. The Morgan fingerprint density at radius 1 is 1.04 bits per heavy atom. The first-order chi connectivity index (χ1) is 11.5. The summed E-state index contributed by atoms with van der Waals surface area (Å²) in [6.07, 6.45) is 1.59. The second kappa shape index (κ2) is 6.51. The van der Waals surface area contributed by atoms with E-state index in [1.165, 1.54) is 0 Å². The number of piperidine rings is 1. The third-order valence-electron chi connectivity index (χ3n) is 4.75. The highest BCUT2D eigenvalue weighted by atomic mass is 16.2. The number of rotatable bonds is 3. The van der Waals surface area contributed by atoms with Crippen LogP contribution in [0.4, 0.5) is 0 Å². The molecule has 1 saturated heterocycles. The maximum atomic E-state index is 12.7. The molecule has 0 unspecified atom stereocenters. The minimum atomic E-state index is -0.318. The van der Waals surface area contributed by atoms with Gasteiger partial charge in [0.2, 0.25) is 5.91 Å². The van der Waals surface area contributed by atoms with Crippen LogP contribution in [-0.2, 0) is 4.79 Å². The molecule has 126 valence electrons. The molecule has 0 saturated carbocycles. The lowest BCUT2D eigenvalue weighted by atomic mass is 9.97. The SMILES string of the molecule is Cc1ccc(C)n1-c1ccc(C(=O)N2CCC[C@H](C(N)=O)C2)cc1. The van der Waals surface area contributed by atoms with Gasteiger partial charge in [-0.05, 0) is 63.1 Å². The lowest BCUT2D eigenvalue weighted by Gasteiger charge is -2.31. The van der Waals surface area contributed by atoms with Crippen LogP contribution in [0.5, 0.6) is 0 Å². The number of hydrogen-bond donors (Lipinski definition) is 1. The van der Waals surface area contributed by atoms with Crippen LogP contribution in [0, 0.1) is 19.8 Å². The summed E-state index contributed by atoms with van der Waals surface area (Å²) >= 11 is 0. The highest BCUT2D eigenvalue weighted by Gasteiger charge is 2.27. The second-order valence-electron chi connectivity index (χ2n) is 6.49. The molecule has 0 aliphatic carbocycles. The van der Waals surface area contributed by atoms with Crippen molar-refractivity contribution in [2.24, 2.45) is 11.7 Å². The first-order valence-electron chi connectivity index (χ1n) is 8.31. The molecule has 2 N–H and O–H groups in total. The van der Waals surface area contributed by atoms with Gasteiger partial charge in [0.25, 0.3) is 5.91 Å². The van der Waals surface area contributed by atoms with Gasteiger partial charge in [0.05, 0.1) is 5.92 Å². The van der Waals surface area contributed by atoms with Crippen molar-refractivity contribution in [3.05, 3.63) is 53.3 Å². The number of carbonyl (C=O) groups excluding carboxylic acids is 2. The zero-order chi connectivity index (χ0) is 17.3. The Kier molecular flexibility index (Phi) is 4.42. The number of aromatic nitrogens is 1. The van der Waals surface area contributed by atoms with Crippen molar-refractivity contribution in [3.63, 3.8) is 0 Å². The molecule has 24 heavy (non-hydrogen) atoms. The minimum Gasteiger partial charge on any atom is -0.369 e. The van der Waals surface area contributed by atoms with Crippen LogP contribution in [0.3, 0.4) is 0 Å². The molecule has 0 spiro atoms. The number of hydrogen-bond acceptors (Lipinski definition) is 2. The highest BCUT2D eigenvalue weighted by molar-refractivity contribution is 5.94. The largest absolute Gasteiger partial charge is 0.369 e. The molecular weight excluding hydrogens is 302 g/mol. The van der Waals surface area contributed by atoms with Crippen molar-refractivity contribution < 1.29 is 9.59 Å². The van der Waals surface area contributed by atoms with Crippen LogP contribution in [0.1, 0.15) is 34.6 Å². The molecule has 0 bridgehead atoms. The summed E-state index contributed by atoms with van der Waals surface area (Å²) in [6.45, 7) is 5.22. The number of likely N-dealkylation sites (tertiary alicyclic amines) is 1. The van der Waals surface area contributed by atoms with E-state index in [0.29, 0.717) is 18.7 Å². The maximum absolute atomic E-state index is 12.7. The zero-order valence-corrected chi connectivity index (χ0v) is 14.2. The van der Waals surface area contributed by atoms with Crippen LogP contribution in [-0.4, -0.2) is 34.4 Å². The number of nitrogens with zero attached hydrogens (tertiary/aromatic N) is 2. The van der Waals surface area contributed by atoms with Crippen molar-refractivity contribution in [1.82, 2.24) is 9.47 Å². The van der Waals surface area contributed by atoms with Gasteiger partial charge >= 0.3 is 0 Å². The van der Waals surface area contributed by atoms with Gasteiger partial charge in [-0.2, -0.15) is 0 Å². The van der Waals surface area contributed by atoms with Gasteiger partial charge in [-0.3, -0.25) is 9.59 Å². The Balaban J connectivity index is 1.78. The minimum absolute atomic E-state index is 0.0338. The van der Waals surface area contributed by atoms with E-state index in [0.717, 1.165) is 29.9 Å². The van der Waals surface area contributed by atoms with Crippen LogP contribution >= 0.6 is 0 Å². The van der Waals surface area contributed by atoms with E-state index in [4.69, 9.17) is 5.73 Å². The molecule has 1 aromatic carbocycles. The number of benzene rings is 1. The van der Waals surface area contributed by atoms with Crippen molar-refractivity contribution in [2.45, 2.75) is 26.7 Å². The van der Waals surface area contributed by atoms with Crippen molar-refractivity contribution in [2.75, 3.05) is 13.1 Å². The van der Waals surface area contributed by atoms with Crippen LogP contribution in [0.2, 0.25) is 0 Å². The van der Waals surface area contributed by atoms with Crippen molar-refractivity contribution >= 4 is 11.8 Å². The van der Waals surface area contributed by atoms with E-state index < -0.39 is 0 Å². The zero-order valence-electron chi connectivity index (χ0n) is 14.2. The van der Waals surface area contributed by atoms with Gasteiger partial charge in [0, 0.05) is 35.7 Å². The summed E-state index contributed by atoms with van der Waals surface area (Å²) in [7, 11) is 0. The molecular formula is C19H23N3O2. The normalized spacial score (nSPS) is 17.8. The molecule has 5 nitrogen and oxygen atoms in total. The molecule has 1 aliphatic rings. The maximum Gasteiger partial charge on any atom is 0.253 e. The summed E-state index contributed by atoms with van der Waals surface area (Å²) in [5.74, 6) is -0.581. The summed E-state index contributed by atoms with van der Waals surface area (Å²) in [4.78, 5) is 25.8. The second-order valence-corrected chi connectivity index (χ2v) is 6.49. The van der Waals surface area contributed by atoms with E-state index in [-0.39, 0.29) is 17.7 Å². The van der Waals surface area contributed by atoms with Gasteiger partial charge in [-0.1, -0.05) is 0 Å². The Morgan fingerprint density at radius 2 is 1.67 bits per heavy atom. The van der Waals surface area contributed by atoms with Crippen LogP contribution in [0.25, 0.3) is 5.69 Å². The Labute approximate surface area is 142 Å². The van der Waals surface area contributed by atoms with Gasteiger partial charge in [0.15, 0.2) is 0 Å². The fourth-order valence-corrected chi connectivity index (χ4v) is 3.41. The van der Waals surface area contributed by atoms with Gasteiger partial charge < -0.3 is 15.2 Å². The predicted molar refractivity (Wildman–Crippen MR) is 93.1 cm³/mol. The van der Waals surface area contributed by atoms with E-state index in [9.17, 15) is 9.59 Å². The molecule has 1 atom stereocenters. The number of carbonyl (C=O) groups is 2. The summed E-state index contributed by atoms with van der Waals surface area (Å²) in [5.41, 5.74) is 9.40. The number of nitrogens with two attached hydrogens (primary N) is 1. The summed E-state index contributed by atoms with van der Waals surface area (Å²) < 4.78 is 2.15. The van der Waals surface area contributed by atoms with Crippen LogP contribution in [0.15, 0.2) is 36.4 Å². The average molecular weight is 325 g/mol. The molecule has 5 heteroatoms. The average Bonchev–Trinajstić information content (AvgIpc) is 2.93. The van der Waals surface area contributed by atoms with E-state index in [1.807, 2.05) is 24.3 Å². The first-order valence-corrected chi connectivity index (χ1v) is 8.31. The molecule has 1 aromatic heterocycles. The Hall–Kier alpha value is -2.56. The molecule has 0 radical (unpaired) electrons. The van der Waals surface area contributed by atoms with E-state index in [2.05, 4.69) is 30.5 Å². The topological polar surface area (TPSA) is 68.3 Å². The van der Waals surface area contributed by atoms with Gasteiger partial charge in [0.1, 0.15) is 0 Å². The Bertz CT molecular complexity index is 742. The molecule has 2 amide bonds. The number of amides is 2. The first kappa shape index (κ1) is 16.3. The third kappa shape index (κ3) is 3.07. The highest BCUT2D eigenvalue weighted by Crippen LogP contribution is 2.20. The third-order valence-corrected chi connectivity index (χ3v) is 4.75. The van der Waals surface area contributed by atoms with E-state index in [1.54, 1.807) is 4.90 Å². The lowest BCUT2D eigenvalue weighted by Crippen LogP contribution is -2.44. The monoisotopic (exact) mass is 325 g/mol. The van der Waals surface area contributed by atoms with E-state index >= 15 is 0 Å². The Morgan fingerprint density at radius 3 is 2.25 bits per heavy atom. The van der Waals surface area contributed by atoms with Crippen molar-refractivity contribution in [1.29, 1.82) is 0 Å². The molecule has 3 rings (SSSR count). The molecule has 2 aromatic rings. The predicted octanol–water partition coefficient (Wildman–Crippen LogP) is 2.43. The summed E-state index contributed by atoms with van der Waals surface area (Å²) in [5, 5.41) is 0. The number of primary amides is 1. The fourth-order valence-electron chi connectivity index (χ4n) is 3.41. The van der Waals surface area contributed by atoms with Crippen molar-refractivity contribution in [3.8, 4) is 5.69 Å². The quantitative estimate of drug-likeness (QED) is 0.941. The van der Waals surface area contributed by atoms with Gasteiger partial charge in [-0.25, -0.2) is 0 Å². The standard InChI is InChI=1S/C19H23N3O2/c1-13-5-6-14(2)22(13)17-9-7-15(8-10-17)19(24)21-11-3-4-16(12-21)18(20)23/h5-10,16H,3-4,11-12H2,1-2H3,(H2,20,23)/t16-/m0/s1. The summed E-state index contributed by atoms with van der Waals surface area (Å²) in [6, 6.07) is 11.8. The molecule has 1 aliphatic heterocycles. The smallest absolute Gasteiger partial charge is 0.253 e. The molecule has 2 heterocycles. The molecule has 1 fully saturated rings.